The second-order valence-corrected chi connectivity index (χ2v) is 6.73. The van der Waals surface area contributed by atoms with Crippen molar-refractivity contribution in [3.8, 4) is 5.88 Å². The molecule has 104 valence electrons. The molecule has 0 aliphatic rings. The van der Waals surface area contributed by atoms with Crippen LogP contribution < -0.4 is 10.5 Å². The Balaban J connectivity index is 1.82. The second-order valence-electron chi connectivity index (χ2n) is 3.95. The van der Waals surface area contributed by atoms with Crippen LogP contribution in [0.2, 0.25) is 0 Å². The van der Waals surface area contributed by atoms with Crippen LogP contribution in [0.1, 0.15) is 4.88 Å². The van der Waals surface area contributed by atoms with E-state index < -0.39 is 10.8 Å². The third-order valence-corrected chi connectivity index (χ3v) is 5.05. The number of aromatic amines is 1. The van der Waals surface area contributed by atoms with Crippen LogP contribution in [0.15, 0.2) is 22.7 Å². The molecule has 0 aliphatic carbocycles. The molecule has 7 nitrogen and oxygen atoms in total. The maximum Gasteiger partial charge on any atom is 0.245 e. The number of fused-ring (bicyclic) bond motifs is 1. The van der Waals surface area contributed by atoms with Crippen LogP contribution in [0.5, 0.6) is 5.88 Å². The second kappa shape index (κ2) is 5.17. The van der Waals surface area contributed by atoms with Crippen LogP contribution in [-0.2, 0) is 17.4 Å². The molecule has 0 aromatic carbocycles. The molecule has 3 heterocycles. The SMILES string of the molecule is CS(=O)c1ccc(COc2nc(N)nc3nc[nH]c23)s1. The third kappa shape index (κ3) is 2.49. The zero-order valence-corrected chi connectivity index (χ0v) is 12.1. The molecule has 0 amide bonds. The van der Waals surface area contributed by atoms with E-state index in [-0.39, 0.29) is 5.95 Å². The first-order valence-electron chi connectivity index (χ1n) is 5.65. The highest BCUT2D eigenvalue weighted by Crippen LogP contribution is 2.24. The lowest BCUT2D eigenvalue weighted by atomic mass is 10.5. The minimum atomic E-state index is -0.975. The molecule has 0 fully saturated rings. The van der Waals surface area contributed by atoms with E-state index in [0.717, 1.165) is 9.09 Å². The van der Waals surface area contributed by atoms with Crippen LogP contribution in [0.4, 0.5) is 5.95 Å². The predicted molar refractivity (Wildman–Crippen MR) is 77.1 cm³/mol. The number of ether oxygens (including phenoxy) is 1. The van der Waals surface area contributed by atoms with Gasteiger partial charge in [0, 0.05) is 11.1 Å². The minimum absolute atomic E-state index is 0.112. The number of hydrogen-bond acceptors (Lipinski definition) is 7. The summed E-state index contributed by atoms with van der Waals surface area (Å²) in [4.78, 5) is 15.9. The average Bonchev–Trinajstić information content (AvgIpc) is 3.04. The van der Waals surface area contributed by atoms with Gasteiger partial charge in [-0.15, -0.1) is 11.3 Å². The molecular formula is C11H11N5O2S2. The summed E-state index contributed by atoms with van der Waals surface area (Å²) >= 11 is 1.45. The highest BCUT2D eigenvalue weighted by molar-refractivity contribution is 7.86. The van der Waals surface area contributed by atoms with Gasteiger partial charge in [0.2, 0.25) is 11.8 Å². The lowest BCUT2D eigenvalue weighted by Crippen LogP contribution is -2.01. The molecule has 9 heteroatoms. The van der Waals surface area contributed by atoms with E-state index >= 15 is 0 Å². The van der Waals surface area contributed by atoms with Crippen LogP contribution in [-0.4, -0.2) is 30.4 Å². The quantitative estimate of drug-likeness (QED) is 0.752. The van der Waals surface area contributed by atoms with Crippen molar-refractivity contribution in [2.75, 3.05) is 12.0 Å². The molecule has 0 saturated heterocycles. The largest absolute Gasteiger partial charge is 0.470 e. The van der Waals surface area contributed by atoms with Gasteiger partial charge in [-0.3, -0.25) is 4.21 Å². The summed E-state index contributed by atoms with van der Waals surface area (Å²) in [7, 11) is -0.975. The predicted octanol–water partition coefficient (Wildman–Crippen LogP) is 1.31. The van der Waals surface area contributed by atoms with Gasteiger partial charge in [0.1, 0.15) is 12.1 Å². The average molecular weight is 309 g/mol. The molecule has 1 atom stereocenters. The first-order chi connectivity index (χ1) is 9.63. The van der Waals surface area contributed by atoms with Crippen molar-refractivity contribution in [3.63, 3.8) is 0 Å². The summed E-state index contributed by atoms with van der Waals surface area (Å²) in [5.74, 6) is 0.471. The van der Waals surface area contributed by atoms with Crippen LogP contribution in [0.25, 0.3) is 11.2 Å². The van der Waals surface area contributed by atoms with E-state index in [1.54, 1.807) is 6.26 Å². The monoisotopic (exact) mass is 309 g/mol. The normalized spacial score (nSPS) is 12.7. The van der Waals surface area contributed by atoms with Crippen LogP contribution in [0.3, 0.4) is 0 Å². The number of imidazole rings is 1. The van der Waals surface area contributed by atoms with Gasteiger partial charge in [0.05, 0.1) is 21.3 Å². The number of anilines is 1. The summed E-state index contributed by atoms with van der Waals surface area (Å²) in [6, 6.07) is 3.72. The van der Waals surface area contributed by atoms with E-state index in [1.807, 2.05) is 12.1 Å². The van der Waals surface area contributed by atoms with Crippen molar-refractivity contribution in [3.05, 3.63) is 23.3 Å². The van der Waals surface area contributed by atoms with E-state index in [9.17, 15) is 4.21 Å². The number of nitrogens with one attached hydrogen (secondary N) is 1. The van der Waals surface area contributed by atoms with Gasteiger partial charge in [-0.2, -0.15) is 9.97 Å². The number of nitrogen functional groups attached to an aromatic ring is 1. The number of nitrogens with two attached hydrogens (primary N) is 1. The fourth-order valence-corrected chi connectivity index (χ4v) is 3.36. The van der Waals surface area contributed by atoms with Gasteiger partial charge >= 0.3 is 0 Å². The molecule has 0 saturated carbocycles. The first-order valence-corrected chi connectivity index (χ1v) is 8.02. The lowest BCUT2D eigenvalue weighted by Gasteiger charge is -2.04. The fourth-order valence-electron chi connectivity index (χ4n) is 1.66. The summed E-state index contributed by atoms with van der Waals surface area (Å²) in [5, 5.41) is 0. The molecule has 3 aromatic heterocycles. The molecule has 3 rings (SSSR count). The third-order valence-electron chi connectivity index (χ3n) is 2.54. The molecule has 20 heavy (non-hydrogen) atoms. The van der Waals surface area contributed by atoms with Gasteiger partial charge in [-0.05, 0) is 12.1 Å². The van der Waals surface area contributed by atoms with E-state index in [0.29, 0.717) is 23.7 Å². The fraction of sp³-hybridized carbons (Fsp3) is 0.182. The summed E-state index contributed by atoms with van der Waals surface area (Å²) in [5.41, 5.74) is 6.68. The van der Waals surface area contributed by atoms with Gasteiger partial charge < -0.3 is 15.5 Å². The Morgan fingerprint density at radius 3 is 3.05 bits per heavy atom. The van der Waals surface area contributed by atoms with Crippen molar-refractivity contribution in [2.45, 2.75) is 10.8 Å². The summed E-state index contributed by atoms with van der Waals surface area (Å²) < 4.78 is 17.8. The highest BCUT2D eigenvalue weighted by Gasteiger charge is 2.11. The number of nitrogens with zero attached hydrogens (tertiary/aromatic N) is 3. The lowest BCUT2D eigenvalue weighted by molar-refractivity contribution is 0.301. The van der Waals surface area contributed by atoms with Crippen LogP contribution >= 0.6 is 11.3 Å². The molecular weight excluding hydrogens is 298 g/mol. The van der Waals surface area contributed by atoms with Crippen molar-refractivity contribution in [1.82, 2.24) is 19.9 Å². The number of aromatic nitrogens is 4. The summed E-state index contributed by atoms with van der Waals surface area (Å²) in [6.45, 7) is 0.326. The highest BCUT2D eigenvalue weighted by atomic mass is 32.2. The maximum atomic E-state index is 11.3. The Kier molecular flexibility index (Phi) is 3.36. The number of rotatable bonds is 4. The Morgan fingerprint density at radius 1 is 1.45 bits per heavy atom. The van der Waals surface area contributed by atoms with Gasteiger partial charge in [-0.25, -0.2) is 4.98 Å². The number of thiophene rings is 1. The Hall–Kier alpha value is -2.00. The minimum Gasteiger partial charge on any atom is -0.470 e. The standard InChI is InChI=1S/C11H11N5O2S2/c1-20(17)7-3-2-6(19-7)4-18-10-8-9(14-5-13-8)15-11(12)16-10/h2-3,5H,4H2,1H3,(H3,12,13,14,15,16). The van der Waals surface area contributed by atoms with Gasteiger partial charge in [0.25, 0.3) is 0 Å². The van der Waals surface area contributed by atoms with Crippen molar-refractivity contribution >= 4 is 39.2 Å². The smallest absolute Gasteiger partial charge is 0.245 e. The molecule has 0 radical (unpaired) electrons. The van der Waals surface area contributed by atoms with Crippen LogP contribution in [0, 0.1) is 0 Å². The zero-order valence-electron chi connectivity index (χ0n) is 10.5. The summed E-state index contributed by atoms with van der Waals surface area (Å²) in [6.07, 6.45) is 3.16. The van der Waals surface area contributed by atoms with Gasteiger partial charge in [0.15, 0.2) is 5.65 Å². The molecule has 0 bridgehead atoms. The van der Waals surface area contributed by atoms with Crippen molar-refractivity contribution < 1.29 is 8.95 Å². The van der Waals surface area contributed by atoms with Crippen molar-refractivity contribution in [1.29, 1.82) is 0 Å². The maximum absolute atomic E-state index is 11.3. The topological polar surface area (TPSA) is 107 Å². The Labute approximate surface area is 120 Å². The zero-order chi connectivity index (χ0) is 14.1. The molecule has 0 aliphatic heterocycles. The first kappa shape index (κ1) is 13.0. The number of hydrogen-bond donors (Lipinski definition) is 2. The van der Waals surface area contributed by atoms with E-state index in [4.69, 9.17) is 10.5 Å². The Morgan fingerprint density at radius 2 is 2.30 bits per heavy atom. The molecule has 1 unspecified atom stereocenters. The van der Waals surface area contributed by atoms with E-state index in [1.165, 1.54) is 17.7 Å². The molecule has 0 spiro atoms. The van der Waals surface area contributed by atoms with E-state index in [2.05, 4.69) is 19.9 Å². The number of H-pyrrole nitrogens is 1. The van der Waals surface area contributed by atoms with Gasteiger partial charge in [-0.1, -0.05) is 0 Å². The molecule has 3 N–H and O–H groups in total. The van der Waals surface area contributed by atoms with Crippen molar-refractivity contribution in [2.24, 2.45) is 0 Å². The Bertz CT molecular complexity index is 782. The molecule has 3 aromatic rings.